The van der Waals surface area contributed by atoms with E-state index in [1.807, 2.05) is 12.3 Å². The van der Waals surface area contributed by atoms with Crippen LogP contribution in [0, 0.1) is 12.8 Å². The van der Waals surface area contributed by atoms with Crippen molar-refractivity contribution in [2.24, 2.45) is 5.92 Å². The Morgan fingerprint density at radius 3 is 2.63 bits per heavy atom. The zero-order valence-corrected chi connectivity index (χ0v) is 12.3. The zero-order valence-electron chi connectivity index (χ0n) is 11.5. The number of thiophene rings is 1. The molecule has 0 bridgehead atoms. The molecule has 2 fully saturated rings. The Bertz CT molecular complexity index is 447. The minimum Gasteiger partial charge on any atom is -0.335 e. The highest BCUT2D eigenvalue weighted by Crippen LogP contribution is 2.31. The van der Waals surface area contributed by atoms with Crippen LogP contribution in [-0.2, 0) is 0 Å². The molecule has 1 N–H and O–H groups in total. The molecule has 2 heterocycles. The Kier molecular flexibility index (Phi) is 3.89. The Morgan fingerprint density at radius 1 is 1.32 bits per heavy atom. The lowest BCUT2D eigenvalue weighted by Gasteiger charge is -2.30. The van der Waals surface area contributed by atoms with Crippen LogP contribution in [0.2, 0.25) is 0 Å². The third-order valence-electron chi connectivity index (χ3n) is 4.25. The summed E-state index contributed by atoms with van der Waals surface area (Å²) in [7, 11) is 0. The Morgan fingerprint density at radius 2 is 2.05 bits per heavy atom. The van der Waals surface area contributed by atoms with Crippen LogP contribution < -0.4 is 5.32 Å². The molecule has 3 rings (SSSR count). The standard InChI is InChI=1S/C15H22N2OS/c1-11-9-19-10-14(11)15(18)17(13-2-3-13)8-12-4-6-16-7-5-12/h9-10,12-13,16H,2-8H2,1H3. The van der Waals surface area contributed by atoms with Crippen molar-refractivity contribution in [3.8, 4) is 0 Å². The van der Waals surface area contributed by atoms with Crippen LogP contribution in [-0.4, -0.2) is 36.5 Å². The van der Waals surface area contributed by atoms with Gasteiger partial charge in [-0.2, -0.15) is 11.3 Å². The number of carbonyl (C=O) groups excluding carboxylic acids is 1. The number of aryl methyl sites for hydroxylation is 1. The average Bonchev–Trinajstić information content (AvgIpc) is 3.18. The van der Waals surface area contributed by atoms with Gasteiger partial charge in [0.1, 0.15) is 0 Å². The van der Waals surface area contributed by atoms with E-state index in [4.69, 9.17) is 0 Å². The molecule has 104 valence electrons. The molecule has 4 heteroatoms. The van der Waals surface area contributed by atoms with Gasteiger partial charge in [0.2, 0.25) is 0 Å². The highest BCUT2D eigenvalue weighted by Gasteiger charge is 2.35. The third kappa shape index (κ3) is 3.00. The number of nitrogens with one attached hydrogen (secondary N) is 1. The maximum absolute atomic E-state index is 12.7. The van der Waals surface area contributed by atoms with Gasteiger partial charge in [0.15, 0.2) is 0 Å². The van der Waals surface area contributed by atoms with Gasteiger partial charge in [-0.1, -0.05) is 0 Å². The Balaban J connectivity index is 1.70. The Hall–Kier alpha value is -0.870. The van der Waals surface area contributed by atoms with Gasteiger partial charge >= 0.3 is 0 Å². The number of hydrogen-bond donors (Lipinski definition) is 1. The predicted octanol–water partition coefficient (Wildman–Crippen LogP) is 2.66. The SMILES string of the molecule is Cc1cscc1C(=O)N(CC1CCNCC1)C1CC1. The summed E-state index contributed by atoms with van der Waals surface area (Å²) in [5.41, 5.74) is 2.05. The van der Waals surface area contributed by atoms with Gasteiger partial charge in [-0.25, -0.2) is 0 Å². The number of rotatable bonds is 4. The van der Waals surface area contributed by atoms with E-state index in [-0.39, 0.29) is 5.91 Å². The maximum atomic E-state index is 12.7. The molecule has 2 aliphatic rings. The summed E-state index contributed by atoms with van der Waals surface area (Å²) < 4.78 is 0. The van der Waals surface area contributed by atoms with Crippen LogP contribution in [0.3, 0.4) is 0 Å². The summed E-state index contributed by atoms with van der Waals surface area (Å²) in [6.07, 6.45) is 4.80. The van der Waals surface area contributed by atoms with Crippen LogP contribution in [0.4, 0.5) is 0 Å². The summed E-state index contributed by atoms with van der Waals surface area (Å²) in [5.74, 6) is 0.949. The van der Waals surface area contributed by atoms with Crippen molar-refractivity contribution in [1.29, 1.82) is 0 Å². The van der Waals surface area contributed by atoms with E-state index in [2.05, 4.69) is 15.6 Å². The first-order valence-corrected chi connectivity index (χ1v) is 8.24. The lowest BCUT2D eigenvalue weighted by Crippen LogP contribution is -2.40. The molecule has 0 radical (unpaired) electrons. The number of piperidine rings is 1. The Labute approximate surface area is 119 Å². The highest BCUT2D eigenvalue weighted by atomic mass is 32.1. The molecule has 3 nitrogen and oxygen atoms in total. The first-order chi connectivity index (χ1) is 9.25. The second-order valence-electron chi connectivity index (χ2n) is 5.85. The molecule has 1 amide bonds. The summed E-state index contributed by atoms with van der Waals surface area (Å²) in [6.45, 7) is 5.21. The van der Waals surface area contributed by atoms with Crippen LogP contribution in [0.5, 0.6) is 0 Å². The second kappa shape index (κ2) is 5.63. The van der Waals surface area contributed by atoms with Crippen LogP contribution in [0.15, 0.2) is 10.8 Å². The first-order valence-electron chi connectivity index (χ1n) is 7.30. The molecule has 1 aliphatic carbocycles. The molecule has 19 heavy (non-hydrogen) atoms. The van der Waals surface area contributed by atoms with E-state index in [1.54, 1.807) is 11.3 Å². The first kappa shape index (κ1) is 13.1. The van der Waals surface area contributed by atoms with E-state index in [0.717, 1.165) is 30.8 Å². The minimum absolute atomic E-state index is 0.264. The fourth-order valence-electron chi connectivity index (χ4n) is 2.86. The van der Waals surface area contributed by atoms with Crippen LogP contribution in [0.25, 0.3) is 0 Å². The van der Waals surface area contributed by atoms with Crippen molar-refractivity contribution in [3.05, 3.63) is 21.9 Å². The molecule has 1 saturated carbocycles. The second-order valence-corrected chi connectivity index (χ2v) is 6.59. The van der Waals surface area contributed by atoms with Gasteiger partial charge in [-0.05, 0) is 62.6 Å². The summed E-state index contributed by atoms with van der Waals surface area (Å²) in [4.78, 5) is 14.9. The fraction of sp³-hybridized carbons (Fsp3) is 0.667. The number of hydrogen-bond acceptors (Lipinski definition) is 3. The lowest BCUT2D eigenvalue weighted by molar-refractivity contribution is 0.0701. The zero-order chi connectivity index (χ0) is 13.2. The predicted molar refractivity (Wildman–Crippen MR) is 78.7 cm³/mol. The molecular formula is C15H22N2OS. The van der Waals surface area contributed by atoms with Gasteiger partial charge in [-0.3, -0.25) is 4.79 Å². The molecule has 1 aromatic heterocycles. The molecule has 0 unspecified atom stereocenters. The van der Waals surface area contributed by atoms with Crippen molar-refractivity contribution in [2.75, 3.05) is 19.6 Å². The summed E-state index contributed by atoms with van der Waals surface area (Å²) >= 11 is 1.63. The summed E-state index contributed by atoms with van der Waals surface area (Å²) in [6, 6.07) is 0.515. The van der Waals surface area contributed by atoms with E-state index in [0.29, 0.717) is 12.0 Å². The van der Waals surface area contributed by atoms with Crippen LogP contribution in [0.1, 0.15) is 41.6 Å². The minimum atomic E-state index is 0.264. The molecule has 0 spiro atoms. The fourth-order valence-corrected chi connectivity index (χ4v) is 3.68. The van der Waals surface area contributed by atoms with Gasteiger partial charge in [0.25, 0.3) is 5.91 Å². The van der Waals surface area contributed by atoms with Gasteiger partial charge in [-0.15, -0.1) is 0 Å². The van der Waals surface area contributed by atoms with E-state index in [1.165, 1.54) is 25.7 Å². The van der Waals surface area contributed by atoms with E-state index in [9.17, 15) is 4.79 Å². The smallest absolute Gasteiger partial charge is 0.255 e. The van der Waals surface area contributed by atoms with Crippen LogP contribution >= 0.6 is 11.3 Å². The van der Waals surface area contributed by atoms with Crippen molar-refractivity contribution in [2.45, 2.75) is 38.6 Å². The quantitative estimate of drug-likeness (QED) is 0.918. The largest absolute Gasteiger partial charge is 0.335 e. The topological polar surface area (TPSA) is 32.3 Å². The van der Waals surface area contributed by atoms with Gasteiger partial charge in [0, 0.05) is 18.0 Å². The monoisotopic (exact) mass is 278 g/mol. The molecule has 0 aromatic carbocycles. The van der Waals surface area contributed by atoms with Gasteiger partial charge in [0.05, 0.1) is 5.56 Å². The summed E-state index contributed by atoms with van der Waals surface area (Å²) in [5, 5.41) is 7.48. The lowest BCUT2D eigenvalue weighted by atomic mass is 9.97. The van der Waals surface area contributed by atoms with Crippen molar-refractivity contribution < 1.29 is 4.79 Å². The number of carbonyl (C=O) groups is 1. The van der Waals surface area contributed by atoms with E-state index >= 15 is 0 Å². The molecule has 1 saturated heterocycles. The van der Waals surface area contributed by atoms with Crippen molar-refractivity contribution in [3.63, 3.8) is 0 Å². The molecule has 1 aromatic rings. The number of amides is 1. The third-order valence-corrected chi connectivity index (χ3v) is 5.11. The molecule has 0 atom stereocenters. The molecular weight excluding hydrogens is 256 g/mol. The maximum Gasteiger partial charge on any atom is 0.255 e. The number of nitrogens with zero attached hydrogens (tertiary/aromatic N) is 1. The highest BCUT2D eigenvalue weighted by molar-refractivity contribution is 7.08. The van der Waals surface area contributed by atoms with Gasteiger partial charge < -0.3 is 10.2 Å². The van der Waals surface area contributed by atoms with E-state index < -0.39 is 0 Å². The van der Waals surface area contributed by atoms with Crippen molar-refractivity contribution >= 4 is 17.2 Å². The van der Waals surface area contributed by atoms with Crippen molar-refractivity contribution in [1.82, 2.24) is 10.2 Å². The normalized spacial score (nSPS) is 20.5. The average molecular weight is 278 g/mol. The molecule has 1 aliphatic heterocycles.